The van der Waals surface area contributed by atoms with E-state index in [9.17, 15) is 4.79 Å². The number of nitrogens with one attached hydrogen (secondary N) is 5. The van der Waals surface area contributed by atoms with Crippen LogP contribution in [-0.2, 0) is 0 Å². The van der Waals surface area contributed by atoms with Gasteiger partial charge in [0.1, 0.15) is 5.84 Å². The van der Waals surface area contributed by atoms with Crippen molar-refractivity contribution in [2.75, 3.05) is 39.8 Å². The average molecular weight is 529 g/mol. The average Bonchev–Trinajstić information content (AvgIpc) is 2.98. The molecule has 3 aliphatic rings. The van der Waals surface area contributed by atoms with Gasteiger partial charge in [0.15, 0.2) is 6.29 Å². The Morgan fingerprint density at radius 2 is 1.89 bits per heavy atom. The van der Waals surface area contributed by atoms with Gasteiger partial charge in [0.2, 0.25) is 0 Å². The summed E-state index contributed by atoms with van der Waals surface area (Å²) in [5, 5.41) is 10.3. The van der Waals surface area contributed by atoms with Crippen LogP contribution in [0.1, 0.15) is 83.1 Å². The molecule has 9 heteroatoms. The molecule has 0 radical (unpaired) electrons. The third kappa shape index (κ3) is 8.53. The first-order valence-electron chi connectivity index (χ1n) is 14.7. The van der Waals surface area contributed by atoms with Crippen molar-refractivity contribution in [1.29, 1.82) is 0 Å². The molecule has 214 valence electrons. The molecule has 0 saturated carbocycles. The fraction of sp³-hybridized carbons (Fsp3) is 0.655. The van der Waals surface area contributed by atoms with Crippen LogP contribution in [-0.4, -0.2) is 79.8 Å². The number of amidine groups is 1. The molecule has 9 nitrogen and oxygen atoms in total. The highest BCUT2D eigenvalue weighted by Crippen LogP contribution is 2.28. The zero-order valence-electron chi connectivity index (χ0n) is 24.7. The minimum atomic E-state index is -0.0395. The number of benzene rings is 1. The molecule has 1 amide bonds. The highest BCUT2D eigenvalue weighted by Gasteiger charge is 2.34. The summed E-state index contributed by atoms with van der Waals surface area (Å²) in [4.78, 5) is 22.4. The lowest BCUT2D eigenvalue weighted by molar-refractivity contribution is 0.0929. The number of aliphatic imine (C=N–C) groups is 1. The van der Waals surface area contributed by atoms with Crippen LogP contribution < -0.4 is 26.8 Å². The Hall–Kier alpha value is -2.46. The number of piperidine rings is 1. The molecule has 1 fully saturated rings. The number of rotatable bonds is 9. The Morgan fingerprint density at radius 3 is 2.58 bits per heavy atom. The number of nitrogens with zero attached hydrogens (tertiary/aromatic N) is 3. The standard InChI is InChI=1S/C25H40N8O.2C2H6/c1-4-22(31-28-5-2)30-25-32(3)21(17-23-27-12-7-15-33(23)25)18-8-6-9-19(16-18)24(34)29-20-10-13-26-14-11-20;2*1-2/h6,8-9,16-17,20,22,25-26,28,30-31H,4-5,7,10-15H2,1-3H3,(H,29,34);2*1-2H3. The molecule has 38 heavy (non-hydrogen) atoms. The number of amides is 1. The molecule has 1 saturated heterocycles. The number of carbonyl (C=O) groups is 1. The van der Waals surface area contributed by atoms with Crippen molar-refractivity contribution in [3.05, 3.63) is 41.5 Å². The van der Waals surface area contributed by atoms with Gasteiger partial charge in [0.25, 0.3) is 5.91 Å². The third-order valence-corrected chi connectivity index (χ3v) is 6.74. The minimum Gasteiger partial charge on any atom is -0.349 e. The number of fused-ring (bicyclic) bond motifs is 1. The molecule has 1 aromatic rings. The highest BCUT2D eigenvalue weighted by molar-refractivity contribution is 6.01. The van der Waals surface area contributed by atoms with Gasteiger partial charge in [0, 0.05) is 44.4 Å². The summed E-state index contributed by atoms with van der Waals surface area (Å²) in [7, 11) is 2.11. The SMILES string of the molecule is CC.CC.CCNNC(CC)NC1N(C)C(c2cccc(C(=O)NC3CCNCC3)c2)=CC2=NCCCN21. The van der Waals surface area contributed by atoms with Crippen LogP contribution in [0.2, 0.25) is 0 Å². The zero-order valence-corrected chi connectivity index (χ0v) is 24.7. The van der Waals surface area contributed by atoms with E-state index in [2.05, 4.69) is 69.6 Å². The Labute approximate surface area is 230 Å². The van der Waals surface area contributed by atoms with E-state index in [-0.39, 0.29) is 24.4 Å². The molecular formula is C29H52N8O. The molecule has 3 aliphatic heterocycles. The zero-order chi connectivity index (χ0) is 27.9. The third-order valence-electron chi connectivity index (χ3n) is 6.74. The van der Waals surface area contributed by atoms with Gasteiger partial charge in [-0.1, -0.05) is 53.7 Å². The lowest BCUT2D eigenvalue weighted by Crippen LogP contribution is -2.65. The van der Waals surface area contributed by atoms with Gasteiger partial charge in [-0.2, -0.15) is 0 Å². The fourth-order valence-corrected chi connectivity index (χ4v) is 4.79. The van der Waals surface area contributed by atoms with Gasteiger partial charge in [-0.3, -0.25) is 20.5 Å². The van der Waals surface area contributed by atoms with E-state index < -0.39 is 0 Å². The normalized spacial score (nSPS) is 20.0. The summed E-state index contributed by atoms with van der Waals surface area (Å²) in [5.74, 6) is 1.000. The maximum atomic E-state index is 13.0. The fourth-order valence-electron chi connectivity index (χ4n) is 4.79. The topological polar surface area (TPSA) is 96.1 Å². The molecule has 2 atom stereocenters. The number of hydrazine groups is 1. The van der Waals surface area contributed by atoms with Crippen molar-refractivity contribution in [3.8, 4) is 0 Å². The number of hydrogen-bond donors (Lipinski definition) is 5. The van der Waals surface area contributed by atoms with E-state index in [1.54, 1.807) is 0 Å². The Kier molecular flexibility index (Phi) is 14.4. The molecule has 5 N–H and O–H groups in total. The molecule has 2 unspecified atom stereocenters. The Bertz CT molecular complexity index is 896. The van der Waals surface area contributed by atoms with Crippen molar-refractivity contribution >= 4 is 17.4 Å². The smallest absolute Gasteiger partial charge is 0.251 e. The highest BCUT2D eigenvalue weighted by atomic mass is 16.1. The van der Waals surface area contributed by atoms with Crippen LogP contribution in [0.15, 0.2) is 35.3 Å². The summed E-state index contributed by atoms with van der Waals surface area (Å²) in [6, 6.07) is 8.19. The van der Waals surface area contributed by atoms with E-state index in [1.807, 2.05) is 45.9 Å². The second-order valence-corrected chi connectivity index (χ2v) is 9.18. The molecule has 0 bridgehead atoms. The first-order valence-corrected chi connectivity index (χ1v) is 14.7. The van der Waals surface area contributed by atoms with E-state index in [4.69, 9.17) is 4.99 Å². The van der Waals surface area contributed by atoms with Gasteiger partial charge >= 0.3 is 0 Å². The lowest BCUT2D eigenvalue weighted by Gasteiger charge is -2.47. The number of hydrogen-bond acceptors (Lipinski definition) is 8. The van der Waals surface area contributed by atoms with Gasteiger partial charge in [-0.25, -0.2) is 5.43 Å². The van der Waals surface area contributed by atoms with Crippen LogP contribution in [0.5, 0.6) is 0 Å². The van der Waals surface area contributed by atoms with Crippen LogP contribution in [0.3, 0.4) is 0 Å². The Morgan fingerprint density at radius 1 is 1.16 bits per heavy atom. The summed E-state index contributed by atoms with van der Waals surface area (Å²) < 4.78 is 0. The van der Waals surface area contributed by atoms with Gasteiger partial charge < -0.3 is 20.4 Å². The van der Waals surface area contributed by atoms with Crippen molar-refractivity contribution in [2.24, 2.45) is 4.99 Å². The van der Waals surface area contributed by atoms with Crippen molar-refractivity contribution in [1.82, 2.24) is 36.6 Å². The van der Waals surface area contributed by atoms with Gasteiger partial charge in [0.05, 0.1) is 11.9 Å². The van der Waals surface area contributed by atoms with Crippen LogP contribution in [0.25, 0.3) is 5.70 Å². The quantitative estimate of drug-likeness (QED) is 0.248. The molecule has 1 aromatic carbocycles. The number of carbonyl (C=O) groups excluding carboxylic acids is 1. The summed E-state index contributed by atoms with van der Waals surface area (Å²) in [6.45, 7) is 16.8. The van der Waals surface area contributed by atoms with Crippen LogP contribution in [0, 0.1) is 0 Å². The molecule has 0 aliphatic carbocycles. The van der Waals surface area contributed by atoms with E-state index >= 15 is 0 Å². The maximum absolute atomic E-state index is 13.0. The summed E-state index contributed by atoms with van der Waals surface area (Å²) in [6.07, 6.45) is 6.15. The first kappa shape index (κ1) is 31.8. The maximum Gasteiger partial charge on any atom is 0.251 e. The second kappa shape index (κ2) is 17.2. The summed E-state index contributed by atoms with van der Waals surface area (Å²) >= 11 is 0. The predicted octanol–water partition coefficient (Wildman–Crippen LogP) is 3.33. The van der Waals surface area contributed by atoms with E-state index in [1.165, 1.54) is 0 Å². The first-order chi connectivity index (χ1) is 18.6. The Balaban J connectivity index is 0.00000121. The molecular weight excluding hydrogens is 476 g/mol. The van der Waals surface area contributed by atoms with Crippen LogP contribution in [0.4, 0.5) is 0 Å². The van der Waals surface area contributed by atoms with Crippen LogP contribution >= 0.6 is 0 Å². The molecule has 0 aromatic heterocycles. The van der Waals surface area contributed by atoms with E-state index in [0.29, 0.717) is 5.56 Å². The monoisotopic (exact) mass is 528 g/mol. The van der Waals surface area contributed by atoms with Gasteiger partial charge in [-0.05, 0) is 56.5 Å². The largest absolute Gasteiger partial charge is 0.349 e. The summed E-state index contributed by atoms with van der Waals surface area (Å²) in [5.41, 5.74) is 9.38. The van der Waals surface area contributed by atoms with Crippen molar-refractivity contribution in [2.45, 2.75) is 85.7 Å². The van der Waals surface area contributed by atoms with Crippen molar-refractivity contribution in [3.63, 3.8) is 0 Å². The van der Waals surface area contributed by atoms with E-state index in [0.717, 1.165) is 75.5 Å². The van der Waals surface area contributed by atoms with Gasteiger partial charge in [-0.15, -0.1) is 0 Å². The predicted molar refractivity (Wildman–Crippen MR) is 160 cm³/mol. The van der Waals surface area contributed by atoms with Crippen molar-refractivity contribution < 1.29 is 4.79 Å². The lowest BCUT2D eigenvalue weighted by atomic mass is 10.0. The molecule has 0 spiro atoms. The molecule has 3 heterocycles. The minimum absolute atomic E-state index is 0.00000740. The second-order valence-electron chi connectivity index (χ2n) is 9.18. The molecule has 4 rings (SSSR count).